The summed E-state index contributed by atoms with van der Waals surface area (Å²) in [6.45, 7) is 5.52. The third-order valence-electron chi connectivity index (χ3n) is 3.66. The third kappa shape index (κ3) is 4.29. The fraction of sp³-hybridized carbons (Fsp3) is 0.500. The van der Waals surface area contributed by atoms with Gasteiger partial charge in [-0.1, -0.05) is 0 Å². The molecule has 1 unspecified atom stereocenters. The Morgan fingerprint density at radius 2 is 2.05 bits per heavy atom. The number of ether oxygens (including phenoxy) is 1. The predicted octanol–water partition coefficient (Wildman–Crippen LogP) is 2.92. The topological polar surface area (TPSA) is 58.6 Å². The van der Waals surface area contributed by atoms with E-state index in [1.807, 2.05) is 6.92 Å². The number of anilines is 1. The molecule has 0 saturated carbocycles. The van der Waals surface area contributed by atoms with Crippen LogP contribution >= 0.6 is 0 Å². The van der Waals surface area contributed by atoms with Gasteiger partial charge in [-0.2, -0.15) is 0 Å². The van der Waals surface area contributed by atoms with E-state index in [9.17, 15) is 9.59 Å². The highest BCUT2D eigenvalue weighted by atomic mass is 16.5. The van der Waals surface area contributed by atoms with Gasteiger partial charge in [0.15, 0.2) is 5.78 Å². The standard InChI is InChI=1S/C16H22N2O3/c1-3-18(11-15-5-4-10-21-15)16(20)17-14-8-6-13(7-9-14)12(2)19/h6-9,15H,3-5,10-11H2,1-2H3,(H,17,20). The number of urea groups is 1. The minimum atomic E-state index is -0.136. The Kier molecular flexibility index (Phi) is 5.33. The lowest BCUT2D eigenvalue weighted by atomic mass is 10.1. The first kappa shape index (κ1) is 15.5. The van der Waals surface area contributed by atoms with Gasteiger partial charge in [0.05, 0.1) is 6.10 Å². The van der Waals surface area contributed by atoms with E-state index in [-0.39, 0.29) is 17.9 Å². The smallest absolute Gasteiger partial charge is 0.321 e. The van der Waals surface area contributed by atoms with E-state index >= 15 is 0 Å². The molecule has 0 aromatic heterocycles. The molecule has 1 aromatic carbocycles. The number of ketones is 1. The van der Waals surface area contributed by atoms with E-state index in [1.165, 1.54) is 6.92 Å². The van der Waals surface area contributed by atoms with Crippen molar-refractivity contribution in [3.05, 3.63) is 29.8 Å². The van der Waals surface area contributed by atoms with Gasteiger partial charge in [-0.25, -0.2) is 4.79 Å². The monoisotopic (exact) mass is 290 g/mol. The number of carbonyl (C=O) groups is 2. The van der Waals surface area contributed by atoms with Crippen LogP contribution in [0, 0.1) is 0 Å². The van der Waals surface area contributed by atoms with Crippen molar-refractivity contribution in [1.82, 2.24) is 4.90 Å². The van der Waals surface area contributed by atoms with Crippen LogP contribution in [-0.4, -0.2) is 42.5 Å². The molecule has 1 aliphatic heterocycles. The molecule has 0 aliphatic carbocycles. The van der Waals surface area contributed by atoms with E-state index in [0.717, 1.165) is 19.4 Å². The molecule has 5 nitrogen and oxygen atoms in total. The normalized spacial score (nSPS) is 17.5. The molecule has 0 radical (unpaired) electrons. The summed E-state index contributed by atoms with van der Waals surface area (Å²) in [6.07, 6.45) is 2.23. The summed E-state index contributed by atoms with van der Waals surface area (Å²) in [5.41, 5.74) is 1.33. The highest BCUT2D eigenvalue weighted by Crippen LogP contribution is 2.15. The Balaban J connectivity index is 1.93. The van der Waals surface area contributed by atoms with Crippen LogP contribution in [0.5, 0.6) is 0 Å². The summed E-state index contributed by atoms with van der Waals surface area (Å²) in [5, 5.41) is 2.85. The number of amides is 2. The maximum atomic E-state index is 12.2. The number of likely N-dealkylation sites (N-methyl/N-ethyl adjacent to an activating group) is 1. The summed E-state index contributed by atoms with van der Waals surface area (Å²) in [6, 6.07) is 6.79. The highest BCUT2D eigenvalue weighted by Gasteiger charge is 2.21. The first-order chi connectivity index (χ1) is 10.1. The number of benzene rings is 1. The number of nitrogens with zero attached hydrogens (tertiary/aromatic N) is 1. The molecule has 114 valence electrons. The molecule has 0 bridgehead atoms. The molecule has 2 amide bonds. The van der Waals surface area contributed by atoms with E-state index in [1.54, 1.807) is 29.2 Å². The van der Waals surface area contributed by atoms with Crippen molar-refractivity contribution in [2.24, 2.45) is 0 Å². The maximum Gasteiger partial charge on any atom is 0.321 e. The van der Waals surface area contributed by atoms with Crippen molar-refractivity contribution in [3.8, 4) is 0 Å². The lowest BCUT2D eigenvalue weighted by Gasteiger charge is -2.24. The maximum absolute atomic E-state index is 12.2. The van der Waals surface area contributed by atoms with Crippen LogP contribution in [0.4, 0.5) is 10.5 Å². The molecular weight excluding hydrogens is 268 g/mol. The molecule has 1 aromatic rings. The number of hydrogen-bond acceptors (Lipinski definition) is 3. The van der Waals surface area contributed by atoms with Crippen LogP contribution in [-0.2, 0) is 4.74 Å². The Morgan fingerprint density at radius 3 is 2.57 bits per heavy atom. The summed E-state index contributed by atoms with van der Waals surface area (Å²) in [5.74, 6) is 0.0152. The number of nitrogens with one attached hydrogen (secondary N) is 1. The number of rotatable bonds is 5. The number of carbonyl (C=O) groups excluding carboxylic acids is 2. The predicted molar refractivity (Wildman–Crippen MR) is 81.7 cm³/mol. The molecule has 1 heterocycles. The second kappa shape index (κ2) is 7.22. The summed E-state index contributed by atoms with van der Waals surface area (Å²) in [4.78, 5) is 25.2. The van der Waals surface area contributed by atoms with Crippen LogP contribution < -0.4 is 5.32 Å². The fourth-order valence-corrected chi connectivity index (χ4v) is 2.38. The zero-order chi connectivity index (χ0) is 15.2. The van der Waals surface area contributed by atoms with Crippen molar-refractivity contribution in [1.29, 1.82) is 0 Å². The summed E-state index contributed by atoms with van der Waals surface area (Å²) < 4.78 is 5.57. The van der Waals surface area contributed by atoms with Crippen LogP contribution in [0.2, 0.25) is 0 Å². The van der Waals surface area contributed by atoms with E-state index in [4.69, 9.17) is 4.74 Å². The second-order valence-electron chi connectivity index (χ2n) is 5.24. The zero-order valence-corrected chi connectivity index (χ0v) is 12.6. The molecular formula is C16H22N2O3. The van der Waals surface area contributed by atoms with Crippen molar-refractivity contribution in [3.63, 3.8) is 0 Å². The first-order valence-corrected chi connectivity index (χ1v) is 7.38. The van der Waals surface area contributed by atoms with Crippen LogP contribution in [0.15, 0.2) is 24.3 Å². The van der Waals surface area contributed by atoms with Crippen molar-refractivity contribution in [2.45, 2.75) is 32.8 Å². The number of hydrogen-bond donors (Lipinski definition) is 1. The van der Waals surface area contributed by atoms with Crippen LogP contribution in [0.3, 0.4) is 0 Å². The van der Waals surface area contributed by atoms with Crippen LogP contribution in [0.25, 0.3) is 0 Å². The molecule has 2 rings (SSSR count). The molecule has 1 atom stereocenters. The minimum Gasteiger partial charge on any atom is -0.376 e. The second-order valence-corrected chi connectivity index (χ2v) is 5.24. The van der Waals surface area contributed by atoms with Crippen LogP contribution in [0.1, 0.15) is 37.0 Å². The van der Waals surface area contributed by atoms with E-state index < -0.39 is 0 Å². The Bertz CT molecular complexity index is 493. The van der Waals surface area contributed by atoms with Gasteiger partial charge >= 0.3 is 6.03 Å². The van der Waals surface area contributed by atoms with Gasteiger partial charge in [0.25, 0.3) is 0 Å². The van der Waals surface area contributed by atoms with E-state index in [0.29, 0.717) is 24.3 Å². The van der Waals surface area contributed by atoms with Crippen molar-refractivity contribution in [2.75, 3.05) is 25.0 Å². The van der Waals surface area contributed by atoms with E-state index in [2.05, 4.69) is 5.32 Å². The molecule has 1 N–H and O–H groups in total. The fourth-order valence-electron chi connectivity index (χ4n) is 2.38. The average Bonchev–Trinajstić information content (AvgIpc) is 2.98. The SMILES string of the molecule is CCN(CC1CCCO1)C(=O)Nc1ccc(C(C)=O)cc1. The lowest BCUT2D eigenvalue weighted by molar-refractivity contribution is 0.0849. The highest BCUT2D eigenvalue weighted by molar-refractivity contribution is 5.95. The summed E-state index contributed by atoms with van der Waals surface area (Å²) >= 11 is 0. The van der Waals surface area contributed by atoms with Gasteiger partial charge in [0, 0.05) is 30.9 Å². The Labute approximate surface area is 125 Å². The summed E-state index contributed by atoms with van der Waals surface area (Å²) in [7, 11) is 0. The quantitative estimate of drug-likeness (QED) is 0.848. The van der Waals surface area contributed by atoms with Gasteiger partial charge < -0.3 is 15.0 Å². The third-order valence-corrected chi connectivity index (χ3v) is 3.66. The van der Waals surface area contributed by atoms with Gasteiger partial charge in [-0.05, 0) is 51.0 Å². The van der Waals surface area contributed by atoms with Gasteiger partial charge in [0.1, 0.15) is 0 Å². The van der Waals surface area contributed by atoms with Crippen molar-refractivity contribution < 1.29 is 14.3 Å². The molecule has 1 aliphatic rings. The molecule has 21 heavy (non-hydrogen) atoms. The minimum absolute atomic E-state index is 0.0152. The van der Waals surface area contributed by atoms with Crippen molar-refractivity contribution >= 4 is 17.5 Å². The van der Waals surface area contributed by atoms with Gasteiger partial charge in [-0.3, -0.25) is 4.79 Å². The van der Waals surface area contributed by atoms with Gasteiger partial charge in [-0.15, -0.1) is 0 Å². The largest absolute Gasteiger partial charge is 0.376 e. The molecule has 1 fully saturated rings. The number of Topliss-reactive ketones (excluding diaryl/α,β-unsaturated/α-hetero) is 1. The molecule has 1 saturated heterocycles. The Morgan fingerprint density at radius 1 is 1.33 bits per heavy atom. The lowest BCUT2D eigenvalue weighted by Crippen LogP contribution is -2.39. The first-order valence-electron chi connectivity index (χ1n) is 7.38. The zero-order valence-electron chi connectivity index (χ0n) is 12.6. The Hall–Kier alpha value is -1.88. The molecule has 0 spiro atoms. The average molecular weight is 290 g/mol. The van der Waals surface area contributed by atoms with Gasteiger partial charge in [0.2, 0.25) is 0 Å². The molecule has 5 heteroatoms.